The predicted octanol–water partition coefficient (Wildman–Crippen LogP) is 4.91. The highest BCUT2D eigenvalue weighted by molar-refractivity contribution is 6.38. The Labute approximate surface area is 186 Å². The molecule has 2 amide bonds. The highest BCUT2D eigenvalue weighted by atomic mass is 19.3. The molecule has 1 aliphatic heterocycles. The van der Waals surface area contributed by atoms with Gasteiger partial charge in [0.1, 0.15) is 23.6 Å². The van der Waals surface area contributed by atoms with Crippen LogP contribution in [0.1, 0.15) is 39.6 Å². The van der Waals surface area contributed by atoms with Crippen LogP contribution in [0, 0.1) is 5.82 Å². The molecule has 3 aromatic rings. The van der Waals surface area contributed by atoms with Crippen LogP contribution in [-0.4, -0.2) is 31.3 Å². The molecule has 1 heterocycles. The van der Waals surface area contributed by atoms with Crippen LogP contribution >= 0.6 is 0 Å². The number of nitrogens with zero attached hydrogens (tertiary/aromatic N) is 1. The molecule has 0 unspecified atom stereocenters. The van der Waals surface area contributed by atoms with Crippen molar-refractivity contribution in [2.75, 3.05) is 11.5 Å². The Bertz CT molecular complexity index is 1270. The van der Waals surface area contributed by atoms with Crippen LogP contribution in [0.25, 0.3) is 10.8 Å². The molecule has 0 aromatic heterocycles. The lowest BCUT2D eigenvalue weighted by Crippen LogP contribution is -2.29. The topological polar surface area (TPSA) is 72.9 Å². The number of rotatable bonds is 8. The molecular weight excluding hydrogens is 439 g/mol. The molecule has 1 aliphatic rings. The summed E-state index contributed by atoms with van der Waals surface area (Å²) in [6.07, 6.45) is 0.936. The van der Waals surface area contributed by atoms with Crippen molar-refractivity contribution in [2.24, 2.45) is 0 Å². The number of aldehydes is 1. The first-order valence-electron chi connectivity index (χ1n) is 10.2. The van der Waals surface area contributed by atoms with Gasteiger partial charge < -0.3 is 14.3 Å². The molecule has 6 nitrogen and oxygen atoms in total. The third-order valence-corrected chi connectivity index (χ3v) is 5.21. The fourth-order valence-electron chi connectivity index (χ4n) is 3.83. The minimum Gasteiger partial charge on any atom is -0.492 e. The van der Waals surface area contributed by atoms with Crippen molar-refractivity contribution < 1.29 is 37.0 Å². The first-order chi connectivity index (χ1) is 15.9. The van der Waals surface area contributed by atoms with Crippen LogP contribution in [0.15, 0.2) is 42.5 Å². The van der Waals surface area contributed by atoms with Gasteiger partial charge in [-0.05, 0) is 24.1 Å². The van der Waals surface area contributed by atoms with Gasteiger partial charge in [0.2, 0.25) is 0 Å². The smallest absolute Gasteiger partial charge is 0.387 e. The van der Waals surface area contributed by atoms with E-state index in [9.17, 15) is 27.6 Å². The van der Waals surface area contributed by atoms with Crippen LogP contribution < -0.4 is 14.4 Å². The molecule has 4 rings (SSSR count). The lowest BCUT2D eigenvalue weighted by molar-refractivity contribution is -0.107. The third kappa shape index (κ3) is 3.79. The van der Waals surface area contributed by atoms with Crippen LogP contribution in [0.5, 0.6) is 11.5 Å². The summed E-state index contributed by atoms with van der Waals surface area (Å²) in [6, 6.07) is 9.82. The molecule has 9 heteroatoms. The van der Waals surface area contributed by atoms with Crippen molar-refractivity contribution in [3.05, 3.63) is 65.0 Å². The number of hydrogen-bond acceptors (Lipinski definition) is 5. The van der Waals surface area contributed by atoms with Gasteiger partial charge in [0, 0.05) is 17.2 Å². The van der Waals surface area contributed by atoms with Crippen molar-refractivity contribution >= 4 is 34.6 Å². The van der Waals surface area contributed by atoms with Gasteiger partial charge in [0.15, 0.2) is 0 Å². The van der Waals surface area contributed by atoms with Crippen molar-refractivity contribution in [2.45, 2.75) is 26.4 Å². The molecule has 0 saturated heterocycles. The van der Waals surface area contributed by atoms with Crippen LogP contribution in [0.3, 0.4) is 0 Å². The third-order valence-electron chi connectivity index (χ3n) is 5.21. The molecule has 0 bridgehead atoms. The van der Waals surface area contributed by atoms with E-state index >= 15 is 0 Å². The number of amides is 2. The second-order valence-corrected chi connectivity index (χ2v) is 7.27. The van der Waals surface area contributed by atoms with E-state index in [1.54, 1.807) is 18.2 Å². The van der Waals surface area contributed by atoms with E-state index in [1.165, 1.54) is 18.2 Å². The fourth-order valence-corrected chi connectivity index (χ4v) is 3.83. The number of imide groups is 1. The number of carbonyl (C=O) groups is 3. The highest BCUT2D eigenvalue weighted by Crippen LogP contribution is 2.46. The number of alkyl halides is 2. The van der Waals surface area contributed by atoms with Crippen LogP contribution in [0.2, 0.25) is 0 Å². The van der Waals surface area contributed by atoms with Crippen LogP contribution in [0.4, 0.5) is 18.9 Å². The van der Waals surface area contributed by atoms with E-state index in [2.05, 4.69) is 0 Å². The van der Waals surface area contributed by atoms with Gasteiger partial charge in [-0.3, -0.25) is 9.59 Å². The maximum Gasteiger partial charge on any atom is 0.387 e. The average Bonchev–Trinajstić information content (AvgIpc) is 3.05. The Hall–Kier alpha value is -3.88. The molecule has 170 valence electrons. The van der Waals surface area contributed by atoms with E-state index < -0.39 is 30.0 Å². The molecular formula is C24H18F3NO5. The molecule has 0 saturated carbocycles. The second-order valence-electron chi connectivity index (χ2n) is 7.27. The summed E-state index contributed by atoms with van der Waals surface area (Å²) in [6.45, 7) is -1.20. The summed E-state index contributed by atoms with van der Waals surface area (Å²) in [5.74, 6) is -2.96. The van der Waals surface area contributed by atoms with Gasteiger partial charge in [0.05, 0.1) is 23.4 Å². The highest BCUT2D eigenvalue weighted by Gasteiger charge is 2.44. The maximum absolute atomic E-state index is 14.4. The Kier molecular flexibility index (Phi) is 6.04. The number of anilines is 1. The van der Waals surface area contributed by atoms with Gasteiger partial charge in [0.25, 0.3) is 11.8 Å². The Morgan fingerprint density at radius 3 is 2.21 bits per heavy atom. The number of fused-ring (bicyclic) bond motifs is 2. The first kappa shape index (κ1) is 22.3. The fraction of sp³-hybridized carbons (Fsp3) is 0.208. The molecule has 0 aliphatic carbocycles. The second kappa shape index (κ2) is 8.93. The van der Waals surface area contributed by atoms with Crippen molar-refractivity contribution in [1.29, 1.82) is 0 Å². The molecule has 0 N–H and O–H groups in total. The number of ether oxygens (including phenoxy) is 2. The number of hydrogen-bond donors (Lipinski definition) is 0. The molecule has 33 heavy (non-hydrogen) atoms. The summed E-state index contributed by atoms with van der Waals surface area (Å²) in [5, 5.41) is 0.508. The minimum absolute atomic E-state index is 0.0722. The van der Waals surface area contributed by atoms with E-state index in [0.717, 1.165) is 6.07 Å². The number of halogens is 3. The van der Waals surface area contributed by atoms with Gasteiger partial charge in [-0.2, -0.15) is 8.78 Å². The van der Waals surface area contributed by atoms with Crippen molar-refractivity contribution in [1.82, 2.24) is 0 Å². The molecule has 0 fully saturated rings. The SMILES string of the molecule is CCCOc1c2c(c(OC(F)F)c3ccccc13)C(=O)N(c1ccc(CC=O)c(F)c1)C2=O. The summed E-state index contributed by atoms with van der Waals surface area (Å²) >= 11 is 0. The maximum atomic E-state index is 14.4. The summed E-state index contributed by atoms with van der Waals surface area (Å²) < 4.78 is 51.5. The number of carbonyl (C=O) groups excluding carboxylic acids is 3. The quantitative estimate of drug-likeness (QED) is 0.355. The van der Waals surface area contributed by atoms with Crippen LogP contribution in [-0.2, 0) is 11.2 Å². The molecule has 0 spiro atoms. The zero-order chi connectivity index (χ0) is 23.7. The van der Waals surface area contributed by atoms with E-state index in [4.69, 9.17) is 9.47 Å². The standard InChI is InChI=1S/C24H18F3NO5/c1-2-11-32-20-15-5-3-4-6-16(15)21(33-24(26)27)19-18(20)22(30)28(23(19)31)14-8-7-13(9-10-29)17(25)12-14/h3-8,10,12,24H,2,9,11H2,1H3. The van der Waals surface area contributed by atoms with Gasteiger partial charge in [-0.15, -0.1) is 0 Å². The lowest BCUT2D eigenvalue weighted by atomic mass is 9.99. The normalized spacial score (nSPS) is 13.1. The Morgan fingerprint density at radius 2 is 1.64 bits per heavy atom. The van der Waals surface area contributed by atoms with Crippen molar-refractivity contribution in [3.63, 3.8) is 0 Å². The molecule has 0 atom stereocenters. The lowest BCUT2D eigenvalue weighted by Gasteiger charge is -2.16. The Morgan fingerprint density at radius 1 is 1.00 bits per heavy atom. The monoisotopic (exact) mass is 457 g/mol. The first-order valence-corrected chi connectivity index (χ1v) is 10.2. The molecule has 0 radical (unpaired) electrons. The summed E-state index contributed by atoms with van der Waals surface area (Å²) in [5.41, 5.74) is -0.616. The van der Waals surface area contributed by atoms with Gasteiger partial charge >= 0.3 is 6.61 Å². The van der Waals surface area contributed by atoms with Gasteiger partial charge in [-0.25, -0.2) is 9.29 Å². The minimum atomic E-state index is -3.25. The van der Waals surface area contributed by atoms with E-state index in [1.807, 2.05) is 6.92 Å². The van der Waals surface area contributed by atoms with E-state index in [0.29, 0.717) is 23.0 Å². The Balaban J connectivity index is 1.96. The van der Waals surface area contributed by atoms with E-state index in [-0.39, 0.29) is 46.5 Å². The predicted molar refractivity (Wildman–Crippen MR) is 114 cm³/mol. The summed E-state index contributed by atoms with van der Waals surface area (Å²) in [4.78, 5) is 38.1. The van der Waals surface area contributed by atoms with Crippen molar-refractivity contribution in [3.8, 4) is 11.5 Å². The molecule has 3 aromatic carbocycles. The van der Waals surface area contributed by atoms with Gasteiger partial charge in [-0.1, -0.05) is 37.3 Å². The number of benzene rings is 3. The largest absolute Gasteiger partial charge is 0.492 e. The zero-order valence-electron chi connectivity index (χ0n) is 17.4. The average molecular weight is 457 g/mol. The summed E-state index contributed by atoms with van der Waals surface area (Å²) in [7, 11) is 0. The zero-order valence-corrected chi connectivity index (χ0v) is 17.4.